The first-order valence-electron chi connectivity index (χ1n) is 13.4. The molecular weight excluding hydrogens is 542 g/mol. The molecule has 3 aromatic carbocycles. The molecule has 2 amide bonds. The van der Waals surface area contributed by atoms with Crippen LogP contribution in [-0.4, -0.2) is 64.2 Å². The lowest BCUT2D eigenvalue weighted by Crippen LogP contribution is -2.54. The predicted molar refractivity (Wildman–Crippen MR) is 161 cm³/mol. The summed E-state index contributed by atoms with van der Waals surface area (Å²) in [5.74, 6) is -0.133. The van der Waals surface area contributed by atoms with Crippen LogP contribution in [0.5, 0.6) is 11.5 Å². The molecule has 0 bridgehead atoms. The van der Waals surface area contributed by atoms with Crippen molar-refractivity contribution < 1.29 is 27.5 Å². The molecule has 0 aliphatic heterocycles. The number of amides is 2. The molecule has 9 nitrogen and oxygen atoms in total. The molecule has 0 heterocycles. The van der Waals surface area contributed by atoms with Crippen molar-refractivity contribution in [2.24, 2.45) is 0 Å². The van der Waals surface area contributed by atoms with Crippen LogP contribution < -0.4 is 19.1 Å². The molecule has 0 aromatic heterocycles. The molecule has 0 radical (unpaired) electrons. The Bertz CT molecular complexity index is 1400. The van der Waals surface area contributed by atoms with Gasteiger partial charge in [0, 0.05) is 25.1 Å². The van der Waals surface area contributed by atoms with Crippen molar-refractivity contribution in [3.05, 3.63) is 90.0 Å². The van der Waals surface area contributed by atoms with Crippen LogP contribution in [0, 0.1) is 0 Å². The van der Waals surface area contributed by atoms with Crippen molar-refractivity contribution in [2.45, 2.75) is 45.3 Å². The van der Waals surface area contributed by atoms with Gasteiger partial charge in [-0.15, -0.1) is 0 Å². The second-order valence-corrected chi connectivity index (χ2v) is 11.7. The lowest BCUT2D eigenvalue weighted by molar-refractivity contribution is -0.140. The van der Waals surface area contributed by atoms with Crippen LogP contribution in [0.1, 0.15) is 31.4 Å². The summed E-state index contributed by atoms with van der Waals surface area (Å²) < 4.78 is 37.8. The van der Waals surface area contributed by atoms with E-state index in [9.17, 15) is 18.0 Å². The molecule has 3 rings (SSSR count). The van der Waals surface area contributed by atoms with Crippen LogP contribution in [0.3, 0.4) is 0 Å². The third-order valence-electron chi connectivity index (χ3n) is 6.80. The van der Waals surface area contributed by atoms with E-state index in [1.165, 1.54) is 25.2 Å². The summed E-state index contributed by atoms with van der Waals surface area (Å²) in [5.41, 5.74) is 1.87. The Morgan fingerprint density at radius 2 is 1.51 bits per heavy atom. The average molecular weight is 582 g/mol. The van der Waals surface area contributed by atoms with Crippen molar-refractivity contribution in [1.82, 2.24) is 10.2 Å². The van der Waals surface area contributed by atoms with E-state index < -0.39 is 28.5 Å². The minimum atomic E-state index is -3.93. The first-order chi connectivity index (χ1) is 19.6. The molecule has 0 aliphatic carbocycles. The molecule has 0 aliphatic rings. The molecule has 0 fully saturated rings. The number of anilines is 1. The molecular formula is C31H39N3O6S. The largest absolute Gasteiger partial charge is 0.497 e. The summed E-state index contributed by atoms with van der Waals surface area (Å²) in [6.07, 6.45) is 2.00. The standard InChI is InChI=1S/C31H39N3O6S/c1-6-23(2)32-31(36)28(19-24-13-9-7-10-14-24)33(21-25-15-11-8-12-16-25)30(35)22-34(41(5,37)38)27-18-17-26(39-3)20-29(27)40-4/h7-18,20,23,28H,6,19,21-22H2,1-5H3,(H,32,36)/t23-,28+/m0/s1. The zero-order valence-corrected chi connectivity index (χ0v) is 25.1. The number of sulfonamides is 1. The molecule has 0 saturated heterocycles. The van der Waals surface area contributed by atoms with Crippen molar-refractivity contribution >= 4 is 27.5 Å². The van der Waals surface area contributed by atoms with E-state index in [2.05, 4.69) is 5.32 Å². The van der Waals surface area contributed by atoms with Crippen LogP contribution in [0.4, 0.5) is 5.69 Å². The number of carbonyl (C=O) groups is 2. The van der Waals surface area contributed by atoms with Crippen LogP contribution in [-0.2, 0) is 32.6 Å². The summed E-state index contributed by atoms with van der Waals surface area (Å²) >= 11 is 0. The number of methoxy groups -OCH3 is 2. The number of hydrogen-bond acceptors (Lipinski definition) is 6. The van der Waals surface area contributed by atoms with Gasteiger partial charge in [-0.05, 0) is 36.6 Å². The van der Waals surface area contributed by atoms with E-state index in [-0.39, 0.29) is 36.4 Å². The van der Waals surface area contributed by atoms with E-state index in [4.69, 9.17) is 9.47 Å². The Morgan fingerprint density at radius 1 is 0.902 bits per heavy atom. The van der Waals surface area contributed by atoms with E-state index in [0.29, 0.717) is 5.75 Å². The number of ether oxygens (including phenoxy) is 2. The summed E-state index contributed by atoms with van der Waals surface area (Å²) in [4.78, 5) is 29.3. The van der Waals surface area contributed by atoms with Gasteiger partial charge in [-0.25, -0.2) is 8.42 Å². The van der Waals surface area contributed by atoms with Gasteiger partial charge < -0.3 is 19.7 Å². The summed E-state index contributed by atoms with van der Waals surface area (Å²) in [7, 11) is -1.03. The van der Waals surface area contributed by atoms with E-state index in [1.54, 1.807) is 12.1 Å². The van der Waals surface area contributed by atoms with Gasteiger partial charge in [0.1, 0.15) is 24.1 Å². The Labute approximate surface area is 243 Å². The van der Waals surface area contributed by atoms with Crippen LogP contribution in [0.15, 0.2) is 78.9 Å². The van der Waals surface area contributed by atoms with Crippen molar-refractivity contribution in [1.29, 1.82) is 0 Å². The summed E-state index contributed by atoms with van der Waals surface area (Å²) in [6, 6.07) is 22.5. The molecule has 220 valence electrons. The van der Waals surface area contributed by atoms with Crippen molar-refractivity contribution in [3.8, 4) is 11.5 Å². The zero-order chi connectivity index (χ0) is 30.0. The topological polar surface area (TPSA) is 105 Å². The van der Waals surface area contributed by atoms with Crippen LogP contribution in [0.2, 0.25) is 0 Å². The highest BCUT2D eigenvalue weighted by atomic mass is 32.2. The number of benzene rings is 3. The molecule has 1 N–H and O–H groups in total. The maximum Gasteiger partial charge on any atom is 0.244 e. The predicted octanol–water partition coefficient (Wildman–Crippen LogP) is 4.02. The maximum absolute atomic E-state index is 14.2. The molecule has 0 unspecified atom stereocenters. The van der Waals surface area contributed by atoms with E-state index >= 15 is 0 Å². The Kier molecular flexibility index (Phi) is 11.2. The zero-order valence-electron chi connectivity index (χ0n) is 24.2. The lowest BCUT2D eigenvalue weighted by atomic mass is 10.0. The van der Waals surface area contributed by atoms with Gasteiger partial charge >= 0.3 is 0 Å². The number of nitrogens with zero attached hydrogens (tertiary/aromatic N) is 2. The van der Waals surface area contributed by atoms with Gasteiger partial charge in [-0.3, -0.25) is 13.9 Å². The van der Waals surface area contributed by atoms with Crippen molar-refractivity contribution in [2.75, 3.05) is 31.3 Å². The van der Waals surface area contributed by atoms with Crippen LogP contribution >= 0.6 is 0 Å². The minimum absolute atomic E-state index is 0.106. The quantitative estimate of drug-likeness (QED) is 0.308. The Balaban J connectivity index is 2.08. The summed E-state index contributed by atoms with van der Waals surface area (Å²) in [6.45, 7) is 3.46. The maximum atomic E-state index is 14.2. The second-order valence-electron chi connectivity index (χ2n) is 9.84. The van der Waals surface area contributed by atoms with Gasteiger partial charge in [-0.2, -0.15) is 0 Å². The first kappa shape index (κ1) is 31.5. The number of hydrogen-bond donors (Lipinski definition) is 1. The number of carbonyl (C=O) groups excluding carboxylic acids is 2. The Morgan fingerprint density at radius 3 is 2.05 bits per heavy atom. The Hall–Kier alpha value is -4.05. The van der Waals surface area contributed by atoms with E-state index in [0.717, 1.165) is 28.1 Å². The third kappa shape index (κ3) is 8.72. The third-order valence-corrected chi connectivity index (χ3v) is 7.93. The van der Waals surface area contributed by atoms with Gasteiger partial charge in [0.25, 0.3) is 0 Å². The fourth-order valence-electron chi connectivity index (χ4n) is 4.36. The highest BCUT2D eigenvalue weighted by molar-refractivity contribution is 7.92. The SMILES string of the molecule is CC[C@H](C)NC(=O)[C@@H](Cc1ccccc1)N(Cc1ccccc1)C(=O)CN(c1ccc(OC)cc1OC)S(C)(=O)=O. The highest BCUT2D eigenvalue weighted by Crippen LogP contribution is 2.33. The number of rotatable bonds is 14. The number of nitrogens with one attached hydrogen (secondary N) is 1. The lowest BCUT2D eigenvalue weighted by Gasteiger charge is -2.34. The molecule has 10 heteroatoms. The van der Waals surface area contributed by atoms with Gasteiger partial charge in [0.15, 0.2) is 0 Å². The first-order valence-corrected chi connectivity index (χ1v) is 15.3. The van der Waals surface area contributed by atoms with Gasteiger partial charge in [0.2, 0.25) is 21.8 Å². The monoisotopic (exact) mass is 581 g/mol. The van der Waals surface area contributed by atoms with Gasteiger partial charge in [-0.1, -0.05) is 67.6 Å². The molecule has 3 aromatic rings. The fourth-order valence-corrected chi connectivity index (χ4v) is 5.21. The van der Waals surface area contributed by atoms with Crippen LogP contribution in [0.25, 0.3) is 0 Å². The second kappa shape index (κ2) is 14.5. The van der Waals surface area contributed by atoms with E-state index in [1.807, 2.05) is 74.5 Å². The minimum Gasteiger partial charge on any atom is -0.497 e. The molecule has 2 atom stereocenters. The summed E-state index contributed by atoms with van der Waals surface area (Å²) in [5, 5.41) is 3.02. The molecule has 0 saturated carbocycles. The highest BCUT2D eigenvalue weighted by Gasteiger charge is 2.34. The van der Waals surface area contributed by atoms with Gasteiger partial charge in [0.05, 0.1) is 26.2 Å². The fraction of sp³-hybridized carbons (Fsp3) is 0.355. The average Bonchev–Trinajstić information content (AvgIpc) is 2.97. The normalized spacial score (nSPS) is 12.6. The van der Waals surface area contributed by atoms with Crippen molar-refractivity contribution in [3.63, 3.8) is 0 Å². The molecule has 41 heavy (non-hydrogen) atoms. The smallest absolute Gasteiger partial charge is 0.244 e. The molecule has 0 spiro atoms.